The second-order valence-electron chi connectivity index (χ2n) is 7.15. The number of halogens is 5. The summed E-state index contributed by atoms with van der Waals surface area (Å²) in [4.78, 5) is 7.69. The third-order valence-electron chi connectivity index (χ3n) is 4.67. The molecule has 4 aromatic rings. The molecule has 0 amide bonds. The highest BCUT2D eigenvalue weighted by atomic mass is 31.2. The Morgan fingerprint density at radius 1 is 1.18 bits per heavy atom. The Hall–Kier alpha value is -3.15. The quantitative estimate of drug-likeness (QED) is 0.262. The highest BCUT2D eigenvalue weighted by Gasteiger charge is 2.38. The highest BCUT2D eigenvalue weighted by Crippen LogP contribution is 2.46. The van der Waals surface area contributed by atoms with Gasteiger partial charge in [0.25, 0.3) is 7.52 Å². The van der Waals surface area contributed by atoms with Crippen LogP contribution in [0.2, 0.25) is 0 Å². The Balaban J connectivity index is 1.54. The fourth-order valence-corrected chi connectivity index (χ4v) is 4.85. The van der Waals surface area contributed by atoms with Crippen molar-refractivity contribution in [2.24, 2.45) is 0 Å². The molecular formula is C20H17F5N5O3P. The van der Waals surface area contributed by atoms with Crippen LogP contribution >= 0.6 is 7.52 Å². The van der Waals surface area contributed by atoms with Crippen molar-refractivity contribution in [1.82, 2.24) is 24.6 Å². The van der Waals surface area contributed by atoms with Crippen molar-refractivity contribution >= 4 is 13.2 Å². The standard InChI is InChI=1S/C20H17F5N5O3P/c1-2-32-34(31,26-9-13-3-4-14(21)8-16(13)22)11-15-10-30-6-5-12(7-17(30)27-15)18-28-19(33-29-18)20(23,24)25/h3-8,10H,2,9,11H2,1H3,(H,26,31). The minimum atomic E-state index is -4.76. The molecule has 34 heavy (non-hydrogen) atoms. The SMILES string of the molecule is CCOP(=O)(Cc1cn2ccc(-c3noc(C(F)(F)F)n3)cc2n1)NCc1ccc(F)cc1F. The summed E-state index contributed by atoms with van der Waals surface area (Å²) in [5.74, 6) is -3.24. The Kier molecular flexibility index (Phi) is 6.52. The van der Waals surface area contributed by atoms with Gasteiger partial charge < -0.3 is 13.4 Å². The van der Waals surface area contributed by atoms with Crippen LogP contribution in [0.1, 0.15) is 24.1 Å². The summed E-state index contributed by atoms with van der Waals surface area (Å²) in [7, 11) is -3.53. The van der Waals surface area contributed by atoms with Gasteiger partial charge >= 0.3 is 12.1 Å². The minimum absolute atomic E-state index is 0.104. The number of benzene rings is 1. The van der Waals surface area contributed by atoms with Gasteiger partial charge in [-0.05, 0) is 25.1 Å². The predicted molar refractivity (Wildman–Crippen MR) is 110 cm³/mol. The van der Waals surface area contributed by atoms with Crippen LogP contribution in [0.4, 0.5) is 22.0 Å². The second-order valence-corrected chi connectivity index (χ2v) is 9.39. The average Bonchev–Trinajstić information content (AvgIpc) is 3.39. The molecule has 0 radical (unpaired) electrons. The van der Waals surface area contributed by atoms with Crippen LogP contribution in [0, 0.1) is 11.6 Å². The predicted octanol–water partition coefficient (Wildman–Crippen LogP) is 5.20. The molecule has 0 spiro atoms. The molecule has 1 atom stereocenters. The molecule has 0 saturated heterocycles. The lowest BCUT2D eigenvalue weighted by molar-refractivity contribution is -0.159. The van der Waals surface area contributed by atoms with Crippen molar-refractivity contribution in [3.8, 4) is 11.4 Å². The van der Waals surface area contributed by atoms with E-state index in [-0.39, 0.29) is 36.3 Å². The summed E-state index contributed by atoms with van der Waals surface area (Å²) in [6.07, 6.45) is -1.82. The van der Waals surface area contributed by atoms with Gasteiger partial charge in [0.2, 0.25) is 5.82 Å². The number of fused-ring (bicyclic) bond motifs is 1. The van der Waals surface area contributed by atoms with Crippen LogP contribution in [0.3, 0.4) is 0 Å². The van der Waals surface area contributed by atoms with E-state index in [2.05, 4.69) is 24.7 Å². The maximum absolute atomic E-state index is 13.9. The van der Waals surface area contributed by atoms with Gasteiger partial charge in [0.15, 0.2) is 0 Å². The number of hydrogen-bond donors (Lipinski definition) is 1. The summed E-state index contributed by atoms with van der Waals surface area (Å²) < 4.78 is 89.7. The number of alkyl halides is 3. The lowest BCUT2D eigenvalue weighted by Crippen LogP contribution is -2.15. The molecule has 1 aromatic carbocycles. The van der Waals surface area contributed by atoms with Crippen molar-refractivity contribution in [2.75, 3.05) is 6.61 Å². The van der Waals surface area contributed by atoms with Gasteiger partial charge in [0, 0.05) is 36.1 Å². The first-order chi connectivity index (χ1) is 16.1. The second kappa shape index (κ2) is 9.24. The van der Waals surface area contributed by atoms with Crippen LogP contribution in [-0.2, 0) is 28.0 Å². The Bertz CT molecular complexity index is 1370. The van der Waals surface area contributed by atoms with E-state index in [1.807, 2.05) is 0 Å². The summed E-state index contributed by atoms with van der Waals surface area (Å²) in [6.45, 7) is 1.58. The lowest BCUT2D eigenvalue weighted by atomic mass is 10.2. The molecule has 1 unspecified atom stereocenters. The van der Waals surface area contributed by atoms with Gasteiger partial charge in [-0.25, -0.2) is 18.9 Å². The van der Waals surface area contributed by atoms with E-state index in [0.29, 0.717) is 11.3 Å². The molecule has 3 heterocycles. The number of pyridine rings is 1. The Morgan fingerprint density at radius 3 is 2.65 bits per heavy atom. The molecule has 8 nitrogen and oxygen atoms in total. The van der Waals surface area contributed by atoms with E-state index < -0.39 is 31.2 Å². The number of nitrogens with zero attached hydrogens (tertiary/aromatic N) is 4. The molecule has 4 rings (SSSR count). The normalized spacial score (nSPS) is 13.9. The molecule has 3 aromatic heterocycles. The third-order valence-corrected chi connectivity index (χ3v) is 6.73. The van der Waals surface area contributed by atoms with Gasteiger partial charge in [0.1, 0.15) is 17.3 Å². The molecule has 0 aliphatic heterocycles. The number of aromatic nitrogens is 4. The molecule has 0 aliphatic rings. The van der Waals surface area contributed by atoms with Gasteiger partial charge in [-0.15, -0.1) is 0 Å². The average molecular weight is 501 g/mol. The monoisotopic (exact) mass is 501 g/mol. The van der Waals surface area contributed by atoms with Gasteiger partial charge in [-0.1, -0.05) is 11.2 Å². The highest BCUT2D eigenvalue weighted by molar-refractivity contribution is 7.56. The lowest BCUT2D eigenvalue weighted by Gasteiger charge is -2.18. The number of imidazole rings is 1. The molecule has 180 valence electrons. The molecule has 1 N–H and O–H groups in total. The molecule has 0 bridgehead atoms. The fraction of sp³-hybridized carbons (Fsp3) is 0.250. The van der Waals surface area contributed by atoms with Crippen molar-refractivity contribution in [3.63, 3.8) is 0 Å². The zero-order chi connectivity index (χ0) is 24.5. The van der Waals surface area contributed by atoms with E-state index in [9.17, 15) is 26.5 Å². The first-order valence-corrected chi connectivity index (χ1v) is 11.7. The largest absolute Gasteiger partial charge is 0.471 e. The van der Waals surface area contributed by atoms with Crippen molar-refractivity contribution in [3.05, 3.63) is 71.5 Å². The first-order valence-electron chi connectivity index (χ1n) is 9.88. The Labute approximate surface area is 189 Å². The maximum Gasteiger partial charge on any atom is 0.471 e. The van der Waals surface area contributed by atoms with Gasteiger partial charge in [-0.3, -0.25) is 4.57 Å². The molecule has 0 saturated carbocycles. The summed E-state index contributed by atoms with van der Waals surface area (Å²) in [5.41, 5.74) is 1.03. The topological polar surface area (TPSA) is 94.5 Å². The number of nitrogens with one attached hydrogen (secondary N) is 1. The fourth-order valence-electron chi connectivity index (χ4n) is 3.15. The molecule has 0 aliphatic carbocycles. The first kappa shape index (κ1) is 24.0. The minimum Gasteiger partial charge on any atom is -0.329 e. The van der Waals surface area contributed by atoms with Crippen LogP contribution in [0.15, 0.2) is 47.2 Å². The molecule has 14 heteroatoms. The van der Waals surface area contributed by atoms with Crippen molar-refractivity contribution < 1.29 is 35.6 Å². The van der Waals surface area contributed by atoms with E-state index in [4.69, 9.17) is 4.52 Å². The summed E-state index contributed by atoms with van der Waals surface area (Å²) >= 11 is 0. The van der Waals surface area contributed by atoms with Crippen LogP contribution < -0.4 is 5.09 Å². The van der Waals surface area contributed by atoms with E-state index in [0.717, 1.165) is 12.1 Å². The van der Waals surface area contributed by atoms with Crippen LogP contribution in [0.25, 0.3) is 17.0 Å². The Morgan fingerprint density at radius 2 is 1.97 bits per heavy atom. The molecule has 0 fully saturated rings. The zero-order valence-electron chi connectivity index (χ0n) is 17.5. The number of rotatable bonds is 8. The van der Waals surface area contributed by atoms with E-state index in [1.54, 1.807) is 17.5 Å². The summed E-state index contributed by atoms with van der Waals surface area (Å²) in [6, 6.07) is 5.97. The van der Waals surface area contributed by atoms with E-state index in [1.165, 1.54) is 24.4 Å². The van der Waals surface area contributed by atoms with Gasteiger partial charge in [-0.2, -0.15) is 18.2 Å². The zero-order valence-corrected chi connectivity index (χ0v) is 18.4. The van der Waals surface area contributed by atoms with Crippen molar-refractivity contribution in [1.29, 1.82) is 0 Å². The van der Waals surface area contributed by atoms with Crippen molar-refractivity contribution in [2.45, 2.75) is 25.8 Å². The summed E-state index contributed by atoms with van der Waals surface area (Å²) in [5, 5.41) is 6.05. The maximum atomic E-state index is 13.9. The smallest absolute Gasteiger partial charge is 0.329 e. The van der Waals surface area contributed by atoms with Gasteiger partial charge in [0.05, 0.1) is 18.5 Å². The van der Waals surface area contributed by atoms with Crippen LogP contribution in [-0.4, -0.2) is 26.1 Å². The van der Waals surface area contributed by atoms with E-state index >= 15 is 0 Å². The van der Waals surface area contributed by atoms with Crippen LogP contribution in [0.5, 0.6) is 0 Å². The number of hydrogen-bond acceptors (Lipinski definition) is 6. The third kappa shape index (κ3) is 5.32. The molecular weight excluding hydrogens is 484 g/mol.